The van der Waals surface area contributed by atoms with Gasteiger partial charge >= 0.3 is 0 Å². The second kappa shape index (κ2) is 9.06. The van der Waals surface area contributed by atoms with E-state index in [-0.39, 0.29) is 18.7 Å². The van der Waals surface area contributed by atoms with Crippen molar-refractivity contribution in [3.8, 4) is 0 Å². The zero-order valence-electron chi connectivity index (χ0n) is 9.95. The number of nitrogens with one attached hydrogen (secondary N) is 3. The molecular weight excluding hydrogens is 194 g/mol. The lowest BCUT2D eigenvalue weighted by Gasteiger charge is -2.22. The molecule has 0 aromatic carbocycles. The van der Waals surface area contributed by atoms with Crippen LogP contribution in [0.25, 0.3) is 0 Å². The van der Waals surface area contributed by atoms with Gasteiger partial charge in [-0.1, -0.05) is 6.42 Å². The van der Waals surface area contributed by atoms with Gasteiger partial charge in [0.05, 0.1) is 6.61 Å². The maximum absolute atomic E-state index is 9.56. The number of hydrogen-bond acceptors (Lipinski definition) is 5. The van der Waals surface area contributed by atoms with E-state index in [1.54, 1.807) is 7.05 Å². The molecule has 5 N–H and O–H groups in total. The van der Waals surface area contributed by atoms with Crippen LogP contribution in [0.2, 0.25) is 0 Å². The van der Waals surface area contributed by atoms with Crippen molar-refractivity contribution >= 4 is 0 Å². The molecule has 5 nitrogen and oxygen atoms in total. The van der Waals surface area contributed by atoms with Gasteiger partial charge in [-0.2, -0.15) is 0 Å². The third-order valence-corrected chi connectivity index (χ3v) is 2.74. The number of likely N-dealkylation sites (N-methyl/N-ethyl adjacent to an activating group) is 3. The van der Waals surface area contributed by atoms with Crippen molar-refractivity contribution in [2.45, 2.75) is 37.6 Å². The Morgan fingerprint density at radius 1 is 1.00 bits per heavy atom. The summed E-state index contributed by atoms with van der Waals surface area (Å²) < 4.78 is 0. The number of rotatable bonds is 9. The van der Waals surface area contributed by atoms with E-state index >= 15 is 0 Å². The lowest BCUT2D eigenvalue weighted by molar-refractivity contribution is 0.0991. The van der Waals surface area contributed by atoms with E-state index in [4.69, 9.17) is 5.11 Å². The molecule has 92 valence electrons. The van der Waals surface area contributed by atoms with Crippen LogP contribution in [0.15, 0.2) is 0 Å². The van der Waals surface area contributed by atoms with E-state index in [9.17, 15) is 5.11 Å². The van der Waals surface area contributed by atoms with Gasteiger partial charge in [0.25, 0.3) is 0 Å². The van der Waals surface area contributed by atoms with Crippen LogP contribution in [0, 0.1) is 0 Å². The average Bonchev–Trinajstić information content (AvgIpc) is 2.28. The van der Waals surface area contributed by atoms with Gasteiger partial charge in [0.2, 0.25) is 0 Å². The molecule has 0 aromatic heterocycles. The summed E-state index contributed by atoms with van der Waals surface area (Å²) in [4.78, 5) is 0. The van der Waals surface area contributed by atoms with E-state index in [1.165, 1.54) is 0 Å². The summed E-state index contributed by atoms with van der Waals surface area (Å²) in [6.45, 7) is 0.162. The Balaban J connectivity index is 3.71. The summed E-state index contributed by atoms with van der Waals surface area (Å²) >= 11 is 0. The summed E-state index contributed by atoms with van der Waals surface area (Å²) in [6, 6.07) is 0.223. The highest BCUT2D eigenvalue weighted by molar-refractivity contribution is 4.73. The minimum Gasteiger partial charge on any atom is -0.395 e. The Bertz CT molecular complexity index is 143. The molecule has 0 aromatic rings. The van der Waals surface area contributed by atoms with Crippen LogP contribution in [0.3, 0.4) is 0 Å². The van der Waals surface area contributed by atoms with Gasteiger partial charge in [0, 0.05) is 12.1 Å². The molecule has 3 atom stereocenters. The standard InChI is InChI=1S/C10H25N3O2/c1-11-8(7-14)5-4-6-9(12-2)10(15)13-3/h8-15H,4-7H2,1-3H3. The highest BCUT2D eigenvalue weighted by Gasteiger charge is 2.15. The molecule has 0 heterocycles. The third-order valence-electron chi connectivity index (χ3n) is 2.74. The molecule has 3 unspecified atom stereocenters. The van der Waals surface area contributed by atoms with Crippen LogP contribution in [0.5, 0.6) is 0 Å². The van der Waals surface area contributed by atoms with E-state index in [0.29, 0.717) is 0 Å². The Morgan fingerprint density at radius 3 is 2.07 bits per heavy atom. The molecule has 0 saturated heterocycles. The maximum atomic E-state index is 9.56. The predicted octanol–water partition coefficient (Wildman–Crippen LogP) is -1.14. The monoisotopic (exact) mass is 219 g/mol. The molecule has 0 bridgehead atoms. The van der Waals surface area contributed by atoms with E-state index in [0.717, 1.165) is 19.3 Å². The molecule has 0 aliphatic rings. The van der Waals surface area contributed by atoms with Gasteiger partial charge in [-0.15, -0.1) is 0 Å². The van der Waals surface area contributed by atoms with Crippen LogP contribution < -0.4 is 16.0 Å². The second-order valence-electron chi connectivity index (χ2n) is 3.73. The van der Waals surface area contributed by atoms with Crippen LogP contribution in [-0.4, -0.2) is 56.3 Å². The SMILES string of the molecule is CNC(CO)CCCC(NC)C(O)NC. The molecule has 0 amide bonds. The topological polar surface area (TPSA) is 76.5 Å². The van der Waals surface area contributed by atoms with E-state index in [1.807, 2.05) is 14.1 Å². The predicted molar refractivity (Wildman–Crippen MR) is 61.7 cm³/mol. The van der Waals surface area contributed by atoms with Crippen molar-refractivity contribution in [3.05, 3.63) is 0 Å². The third kappa shape index (κ3) is 6.06. The van der Waals surface area contributed by atoms with Crippen molar-refractivity contribution in [3.63, 3.8) is 0 Å². The van der Waals surface area contributed by atoms with Crippen LogP contribution in [0.4, 0.5) is 0 Å². The number of aliphatic hydroxyl groups excluding tert-OH is 2. The van der Waals surface area contributed by atoms with Gasteiger partial charge in [-0.05, 0) is 34.0 Å². The Labute approximate surface area is 92.3 Å². The smallest absolute Gasteiger partial charge is 0.120 e. The quantitative estimate of drug-likeness (QED) is 0.317. The first-order valence-electron chi connectivity index (χ1n) is 5.50. The van der Waals surface area contributed by atoms with Crippen LogP contribution in [-0.2, 0) is 0 Å². The van der Waals surface area contributed by atoms with Crippen molar-refractivity contribution < 1.29 is 10.2 Å². The summed E-state index contributed by atoms with van der Waals surface area (Å²) in [5, 5.41) is 27.4. The van der Waals surface area contributed by atoms with E-state index in [2.05, 4.69) is 16.0 Å². The first kappa shape index (κ1) is 14.8. The van der Waals surface area contributed by atoms with Gasteiger partial charge in [-0.25, -0.2) is 0 Å². The zero-order chi connectivity index (χ0) is 11.7. The van der Waals surface area contributed by atoms with Gasteiger partial charge < -0.3 is 20.8 Å². The summed E-state index contributed by atoms with van der Waals surface area (Å²) in [7, 11) is 5.42. The Morgan fingerprint density at radius 2 is 1.67 bits per heavy atom. The first-order valence-corrected chi connectivity index (χ1v) is 5.50. The second-order valence-corrected chi connectivity index (χ2v) is 3.73. The number of aliphatic hydroxyl groups is 2. The minimum absolute atomic E-state index is 0.0613. The van der Waals surface area contributed by atoms with Crippen molar-refractivity contribution in [2.75, 3.05) is 27.7 Å². The van der Waals surface area contributed by atoms with Gasteiger partial charge in [-0.3, -0.25) is 5.32 Å². The summed E-state index contributed by atoms with van der Waals surface area (Å²) in [5.74, 6) is 0. The molecule has 0 radical (unpaired) electrons. The molecule has 0 aliphatic heterocycles. The molecular formula is C10H25N3O2. The largest absolute Gasteiger partial charge is 0.395 e. The van der Waals surface area contributed by atoms with E-state index < -0.39 is 6.23 Å². The van der Waals surface area contributed by atoms with Crippen LogP contribution in [0.1, 0.15) is 19.3 Å². The molecule has 0 fully saturated rings. The normalized spacial score (nSPS) is 17.4. The molecule has 5 heteroatoms. The molecule has 0 saturated carbocycles. The Kier molecular flexibility index (Phi) is 8.94. The minimum atomic E-state index is -0.517. The lowest BCUT2D eigenvalue weighted by Crippen LogP contribution is -2.45. The summed E-state index contributed by atoms with van der Waals surface area (Å²) in [5.41, 5.74) is 0. The molecule has 15 heavy (non-hydrogen) atoms. The highest BCUT2D eigenvalue weighted by Crippen LogP contribution is 2.05. The first-order chi connectivity index (χ1) is 7.19. The van der Waals surface area contributed by atoms with Crippen molar-refractivity contribution in [1.29, 1.82) is 0 Å². The fraction of sp³-hybridized carbons (Fsp3) is 1.00. The van der Waals surface area contributed by atoms with Crippen LogP contribution >= 0.6 is 0 Å². The summed E-state index contributed by atoms with van der Waals surface area (Å²) in [6.07, 6.45) is 2.26. The zero-order valence-corrected chi connectivity index (χ0v) is 9.95. The number of hydrogen-bond donors (Lipinski definition) is 5. The van der Waals surface area contributed by atoms with Crippen molar-refractivity contribution in [1.82, 2.24) is 16.0 Å². The lowest BCUT2D eigenvalue weighted by atomic mass is 10.0. The average molecular weight is 219 g/mol. The Hall–Kier alpha value is -0.200. The highest BCUT2D eigenvalue weighted by atomic mass is 16.3. The molecule has 0 rings (SSSR count). The maximum Gasteiger partial charge on any atom is 0.120 e. The van der Waals surface area contributed by atoms with Gasteiger partial charge in [0.1, 0.15) is 6.23 Å². The van der Waals surface area contributed by atoms with Crippen molar-refractivity contribution in [2.24, 2.45) is 0 Å². The fourth-order valence-electron chi connectivity index (χ4n) is 1.57. The van der Waals surface area contributed by atoms with Gasteiger partial charge in [0.15, 0.2) is 0 Å². The fourth-order valence-corrected chi connectivity index (χ4v) is 1.57. The molecule has 0 spiro atoms. The molecule has 0 aliphatic carbocycles.